The highest BCUT2D eigenvalue weighted by Crippen LogP contribution is 2.26. The number of carbonyl (C=O) groups excluding carboxylic acids is 6. The molecule has 4 N–H and O–H groups in total. The van der Waals surface area contributed by atoms with Crippen LogP contribution < -0.4 is 20.7 Å². The zero-order valence-electron chi connectivity index (χ0n) is 59.4. The monoisotopic (exact) mass is 1470 g/mol. The number of carboxylic acids is 1. The van der Waals surface area contributed by atoms with Gasteiger partial charge in [0, 0.05) is 170 Å². The summed E-state index contributed by atoms with van der Waals surface area (Å²) in [6.45, 7) is 31.5. The van der Waals surface area contributed by atoms with Crippen LogP contribution in [0, 0.1) is 23.7 Å². The number of anilines is 1. The Balaban J connectivity index is 0.00000124. The Hall–Kier alpha value is -5.29. The number of aliphatic carboxylic acids is 1. The van der Waals surface area contributed by atoms with Gasteiger partial charge in [0.15, 0.2) is 0 Å². The first-order chi connectivity index (χ1) is 45.8. The number of hydrogen-bond acceptors (Lipinski definition) is 18. The molecule has 9 rings (SSSR count). The van der Waals surface area contributed by atoms with Gasteiger partial charge in [-0.25, -0.2) is 24.2 Å². The number of alkyl halides is 3. The van der Waals surface area contributed by atoms with Crippen LogP contribution in [0.15, 0.2) is 29.3 Å². The van der Waals surface area contributed by atoms with Crippen molar-refractivity contribution < 1.29 is 85.0 Å². The molecule has 8 aliphatic rings. The molecule has 0 atom stereocenters. The summed E-state index contributed by atoms with van der Waals surface area (Å²) in [5.74, 6) is 1.64. The highest BCUT2D eigenvalue weighted by Gasteiger charge is 2.32. The lowest BCUT2D eigenvalue weighted by molar-refractivity contribution is -0.274. The normalized spacial score (nSPS) is 19.3. The molecule has 8 fully saturated rings. The predicted molar refractivity (Wildman–Crippen MR) is 385 cm³/mol. The number of rotatable bonds is 11. The molecule has 30 heteroatoms. The predicted octanol–water partition coefficient (Wildman–Crippen LogP) is 11.0. The van der Waals surface area contributed by atoms with Crippen LogP contribution >= 0.6 is 24.8 Å². The second-order valence-corrected chi connectivity index (χ2v) is 27.3. The van der Waals surface area contributed by atoms with E-state index in [4.69, 9.17) is 38.3 Å². The third kappa shape index (κ3) is 43.6. The first kappa shape index (κ1) is 94.7. The van der Waals surface area contributed by atoms with E-state index >= 15 is 0 Å². The van der Waals surface area contributed by atoms with Gasteiger partial charge in [0.25, 0.3) is 0 Å². The minimum absolute atomic E-state index is 0. The van der Waals surface area contributed by atoms with Crippen LogP contribution in [-0.2, 0) is 47.6 Å². The molecule has 1 aromatic rings. The van der Waals surface area contributed by atoms with Crippen molar-refractivity contribution in [2.24, 2.45) is 28.7 Å². The molecular formula is C70H125Cl2F3N10O15. The molecule has 580 valence electrons. The van der Waals surface area contributed by atoms with Gasteiger partial charge in [0.2, 0.25) is 17.9 Å². The SMILES string of the molecule is C.C.CC(C)(C)OC(=O)N1CCCN(C(=O)CC2CCOCC2)CC1.CC(C)(C)OC(=O)N1CCCNCC1.CN=C=O.Cl.Cl.O=C(CC1CCOCC1)N1CCCNCC1.O=C(Nc1ccc(OC(F)(F)F)cc1)N1CCCN(CCC2CCOCC2)CC1.O=C(O)CC1CCOCC1. The van der Waals surface area contributed by atoms with Crippen LogP contribution in [0.4, 0.5) is 33.2 Å². The summed E-state index contributed by atoms with van der Waals surface area (Å²) < 4.78 is 72.4. The number of benzene rings is 1. The summed E-state index contributed by atoms with van der Waals surface area (Å²) in [6, 6.07) is 4.93. The van der Waals surface area contributed by atoms with Crippen LogP contribution in [0.25, 0.3) is 0 Å². The molecule has 25 nitrogen and oxygen atoms in total. The highest BCUT2D eigenvalue weighted by atomic mass is 35.5. The zero-order valence-corrected chi connectivity index (χ0v) is 61.0. The van der Waals surface area contributed by atoms with Crippen molar-refractivity contribution in [3.8, 4) is 5.75 Å². The first-order valence-corrected chi connectivity index (χ1v) is 34.8. The quantitative estimate of drug-likeness (QED) is 0.118. The summed E-state index contributed by atoms with van der Waals surface area (Å²) in [5, 5.41) is 17.7. The van der Waals surface area contributed by atoms with Crippen molar-refractivity contribution in [1.82, 2.24) is 40.0 Å². The van der Waals surface area contributed by atoms with E-state index in [1.54, 1.807) is 14.7 Å². The molecule has 0 spiro atoms. The molecule has 0 unspecified atom stereocenters. The van der Waals surface area contributed by atoms with Gasteiger partial charge in [-0.3, -0.25) is 14.4 Å². The summed E-state index contributed by atoms with van der Waals surface area (Å²) in [7, 11) is 1.38. The van der Waals surface area contributed by atoms with Crippen molar-refractivity contribution in [2.45, 2.75) is 177 Å². The van der Waals surface area contributed by atoms with Gasteiger partial charge in [-0.2, -0.15) is 0 Å². The molecular weight excluding hydrogens is 1350 g/mol. The van der Waals surface area contributed by atoms with Crippen molar-refractivity contribution in [3.63, 3.8) is 0 Å². The molecule has 1 aromatic carbocycles. The second-order valence-electron chi connectivity index (χ2n) is 27.3. The smallest absolute Gasteiger partial charge is 0.481 e. The van der Waals surface area contributed by atoms with Gasteiger partial charge in [-0.15, -0.1) is 38.0 Å². The number of ether oxygens (including phenoxy) is 7. The summed E-state index contributed by atoms with van der Waals surface area (Å²) in [4.78, 5) is 94.5. The van der Waals surface area contributed by atoms with Crippen molar-refractivity contribution in [3.05, 3.63) is 24.3 Å². The molecule has 0 saturated carbocycles. The topological polar surface area (TPSA) is 272 Å². The number of amides is 6. The molecule has 8 aliphatic heterocycles. The van der Waals surface area contributed by atoms with E-state index in [9.17, 15) is 41.9 Å². The van der Waals surface area contributed by atoms with E-state index in [0.29, 0.717) is 74.9 Å². The van der Waals surface area contributed by atoms with Crippen LogP contribution in [0.1, 0.15) is 159 Å². The van der Waals surface area contributed by atoms with Gasteiger partial charge in [0.1, 0.15) is 17.0 Å². The Kier molecular flexibility index (Phi) is 49.8. The molecule has 0 radical (unpaired) electrons. The minimum atomic E-state index is -4.73. The fourth-order valence-corrected chi connectivity index (χ4v) is 11.7. The first-order valence-electron chi connectivity index (χ1n) is 34.8. The molecule has 100 heavy (non-hydrogen) atoms. The zero-order chi connectivity index (χ0) is 70.2. The summed E-state index contributed by atoms with van der Waals surface area (Å²) in [5.41, 5.74) is -0.441. The molecule has 8 saturated heterocycles. The standard InChI is InChI=1S/C20H28F3N3O3.C17H30N2O4.C12H22N2O2.C10H20N2O2.C7H12O3.C2H3NO.2CH4.2ClH/c21-20(22,23)29-18-4-2-17(3-5-18)24-19(27)26-10-1-9-25(12-13-26)11-6-16-7-14-28-15-8-16;1-17(2,3)23-16(21)19-8-4-7-18(9-10-19)15(20)13-14-5-11-22-12-6-14;15-12(10-11-2-8-16-9-3-11)14-6-1-4-13-5-7-14;1-10(2,3)14-9(13)12-7-4-5-11-6-8-12;8-7(9)5-6-1-3-10-4-2-6;1-3-2-4;;;;/h2-5,16H,1,6-15H2,(H,24,27);14H,4-13H2,1-3H3;11,13H,1-10H2;11H,4-8H2,1-3H3;6H,1-5H2,(H,8,9);1H3;2*1H4;2*1H. The lowest BCUT2D eigenvalue weighted by Crippen LogP contribution is -2.40. The summed E-state index contributed by atoms with van der Waals surface area (Å²) in [6.07, 6.45) is 10.8. The third-order valence-electron chi connectivity index (χ3n) is 17.1. The minimum Gasteiger partial charge on any atom is -0.481 e. The maximum atomic E-state index is 12.5. The van der Waals surface area contributed by atoms with Crippen molar-refractivity contribution in [1.29, 1.82) is 0 Å². The molecule has 0 aliphatic carbocycles. The highest BCUT2D eigenvalue weighted by molar-refractivity contribution is 5.89. The number of isocyanates is 1. The fourth-order valence-electron chi connectivity index (χ4n) is 11.7. The largest absolute Gasteiger partial charge is 0.573 e. The van der Waals surface area contributed by atoms with E-state index < -0.39 is 23.5 Å². The number of carbonyl (C=O) groups is 6. The number of nitrogens with one attached hydrogen (secondary N) is 3. The van der Waals surface area contributed by atoms with Gasteiger partial charge in [-0.05, 0) is 199 Å². The van der Waals surface area contributed by atoms with Crippen molar-refractivity contribution >= 4 is 72.6 Å². The molecule has 8 heterocycles. The Morgan fingerprint density at radius 1 is 0.530 bits per heavy atom. The second kappa shape index (κ2) is 52.6. The van der Waals surface area contributed by atoms with E-state index in [2.05, 4.69) is 30.6 Å². The van der Waals surface area contributed by atoms with Gasteiger partial charge in [-0.1, -0.05) is 14.9 Å². The van der Waals surface area contributed by atoms with E-state index in [0.717, 1.165) is 221 Å². The third-order valence-corrected chi connectivity index (χ3v) is 17.1. The van der Waals surface area contributed by atoms with Gasteiger partial charge < -0.3 is 83.6 Å². The number of hydrogen-bond donors (Lipinski definition) is 4. The summed E-state index contributed by atoms with van der Waals surface area (Å²) >= 11 is 0. The fraction of sp³-hybridized carbons (Fsp3) is 0.814. The van der Waals surface area contributed by atoms with Crippen molar-refractivity contribution in [2.75, 3.05) is 176 Å². The average molecular weight is 1470 g/mol. The van der Waals surface area contributed by atoms with E-state index in [-0.39, 0.29) is 69.5 Å². The molecule has 0 aromatic heterocycles. The van der Waals surface area contributed by atoms with Crippen LogP contribution in [0.5, 0.6) is 5.75 Å². The average Bonchev–Trinajstić information content (AvgIpc) is 1.46. The van der Waals surface area contributed by atoms with Crippen LogP contribution in [0.3, 0.4) is 0 Å². The van der Waals surface area contributed by atoms with Gasteiger partial charge >= 0.3 is 30.5 Å². The maximum absolute atomic E-state index is 12.5. The molecule has 0 bridgehead atoms. The Morgan fingerprint density at radius 2 is 0.900 bits per heavy atom. The van der Waals surface area contributed by atoms with Crippen LogP contribution in [0.2, 0.25) is 0 Å². The van der Waals surface area contributed by atoms with Crippen LogP contribution in [-0.4, -0.2) is 265 Å². The van der Waals surface area contributed by atoms with E-state index in [1.807, 2.05) is 51.3 Å². The van der Waals surface area contributed by atoms with Gasteiger partial charge in [0.05, 0.1) is 0 Å². The lowest BCUT2D eigenvalue weighted by Gasteiger charge is -2.27. The lowest BCUT2D eigenvalue weighted by atomic mass is 9.96. The number of aliphatic imine (C=N–C) groups is 1. The Labute approximate surface area is 606 Å². The number of nitrogens with zero attached hydrogens (tertiary/aromatic N) is 7. The number of carboxylic acid groups (broad SMARTS) is 1. The maximum Gasteiger partial charge on any atom is 0.573 e. The Bertz CT molecular complexity index is 2430. The number of urea groups is 1. The van der Waals surface area contributed by atoms with E-state index in [1.165, 1.54) is 43.8 Å². The number of halogens is 5. The Morgan fingerprint density at radius 3 is 1.35 bits per heavy atom. The molecule has 6 amide bonds.